The van der Waals surface area contributed by atoms with Crippen LogP contribution < -0.4 is 5.32 Å². The van der Waals surface area contributed by atoms with Crippen molar-refractivity contribution in [2.45, 2.75) is 25.0 Å². The lowest BCUT2D eigenvalue weighted by atomic mass is 9.97. The molecule has 21 heavy (non-hydrogen) atoms. The Balaban J connectivity index is 1.82. The number of nitrogens with zero attached hydrogens (tertiary/aromatic N) is 2. The van der Waals surface area contributed by atoms with Gasteiger partial charge in [-0.1, -0.05) is 6.07 Å². The van der Waals surface area contributed by atoms with Gasteiger partial charge in [0.05, 0.1) is 17.6 Å². The van der Waals surface area contributed by atoms with Gasteiger partial charge in [-0.15, -0.1) is 0 Å². The van der Waals surface area contributed by atoms with Crippen molar-refractivity contribution in [1.82, 2.24) is 4.98 Å². The topological polar surface area (TPSA) is 111 Å². The maximum Gasteiger partial charge on any atom is 0.298 e. The standard InChI is InChI=1S/C13H15N3O5/c1-8-13(17,5-6-20-8)7-14-12-15-11-9(16(18)19)3-2-4-10(11)21-12/h2-4,8,17H,5-7H2,1H3,(H,14,15). The van der Waals surface area contributed by atoms with Gasteiger partial charge in [0.2, 0.25) is 0 Å². The minimum absolute atomic E-state index is 0.111. The van der Waals surface area contributed by atoms with Crippen LogP contribution in [0.25, 0.3) is 11.1 Å². The van der Waals surface area contributed by atoms with Crippen molar-refractivity contribution >= 4 is 22.8 Å². The zero-order valence-corrected chi connectivity index (χ0v) is 11.4. The summed E-state index contributed by atoms with van der Waals surface area (Å²) in [5, 5.41) is 24.2. The molecule has 0 aliphatic carbocycles. The summed E-state index contributed by atoms with van der Waals surface area (Å²) >= 11 is 0. The van der Waals surface area contributed by atoms with E-state index in [1.165, 1.54) is 12.1 Å². The molecule has 0 spiro atoms. The number of para-hydroxylation sites is 1. The van der Waals surface area contributed by atoms with Gasteiger partial charge in [0.1, 0.15) is 5.60 Å². The second kappa shape index (κ2) is 4.97. The highest BCUT2D eigenvalue weighted by Gasteiger charge is 2.39. The molecule has 2 N–H and O–H groups in total. The largest absolute Gasteiger partial charge is 0.423 e. The van der Waals surface area contributed by atoms with E-state index < -0.39 is 10.5 Å². The summed E-state index contributed by atoms with van der Waals surface area (Å²) in [5.74, 6) is 0. The van der Waals surface area contributed by atoms with E-state index in [4.69, 9.17) is 9.15 Å². The summed E-state index contributed by atoms with van der Waals surface area (Å²) in [6.45, 7) is 2.50. The van der Waals surface area contributed by atoms with Crippen LogP contribution in [0.4, 0.5) is 11.7 Å². The summed E-state index contributed by atoms with van der Waals surface area (Å²) in [7, 11) is 0. The van der Waals surface area contributed by atoms with E-state index in [0.29, 0.717) is 18.6 Å². The van der Waals surface area contributed by atoms with Crippen molar-refractivity contribution in [1.29, 1.82) is 0 Å². The van der Waals surface area contributed by atoms with Crippen LogP contribution in [0, 0.1) is 10.1 Å². The highest BCUT2D eigenvalue weighted by atomic mass is 16.6. The van der Waals surface area contributed by atoms with E-state index in [1.807, 2.05) is 0 Å². The predicted octanol–water partition coefficient (Wildman–Crippen LogP) is 1.69. The van der Waals surface area contributed by atoms with E-state index >= 15 is 0 Å². The predicted molar refractivity (Wildman–Crippen MR) is 74.1 cm³/mol. The number of nitro benzene ring substituents is 1. The highest BCUT2D eigenvalue weighted by Crippen LogP contribution is 2.29. The maximum atomic E-state index is 10.9. The normalized spacial score (nSPS) is 25.3. The molecule has 8 heteroatoms. The van der Waals surface area contributed by atoms with Crippen LogP contribution in [0.2, 0.25) is 0 Å². The van der Waals surface area contributed by atoms with E-state index in [1.54, 1.807) is 13.0 Å². The fourth-order valence-corrected chi connectivity index (χ4v) is 2.39. The molecule has 2 aromatic rings. The molecule has 0 saturated carbocycles. The average molecular weight is 293 g/mol. The SMILES string of the molecule is CC1OCCC1(O)CNc1nc2c([N+](=O)[O-])cccc2o1. The van der Waals surface area contributed by atoms with Gasteiger partial charge in [0, 0.05) is 19.1 Å². The molecule has 2 heterocycles. The minimum Gasteiger partial charge on any atom is -0.423 e. The third-order valence-corrected chi connectivity index (χ3v) is 3.80. The molecule has 1 aromatic heterocycles. The Morgan fingerprint density at radius 1 is 1.62 bits per heavy atom. The van der Waals surface area contributed by atoms with Crippen LogP contribution in [0.1, 0.15) is 13.3 Å². The Morgan fingerprint density at radius 3 is 3.10 bits per heavy atom. The van der Waals surface area contributed by atoms with Gasteiger partial charge in [-0.25, -0.2) is 0 Å². The molecule has 2 atom stereocenters. The summed E-state index contributed by atoms with van der Waals surface area (Å²) in [6, 6.07) is 4.66. The number of nitrogens with one attached hydrogen (secondary N) is 1. The van der Waals surface area contributed by atoms with E-state index in [-0.39, 0.29) is 29.9 Å². The molecular formula is C13H15N3O5. The summed E-state index contributed by atoms with van der Waals surface area (Å²) in [6.07, 6.45) is 0.227. The second-order valence-electron chi connectivity index (χ2n) is 5.12. The molecule has 8 nitrogen and oxygen atoms in total. The summed E-state index contributed by atoms with van der Waals surface area (Å²) in [4.78, 5) is 14.5. The number of anilines is 1. The molecule has 0 radical (unpaired) electrons. The second-order valence-corrected chi connectivity index (χ2v) is 5.12. The number of oxazole rings is 1. The Kier molecular flexibility index (Phi) is 3.26. The third-order valence-electron chi connectivity index (χ3n) is 3.80. The van der Waals surface area contributed by atoms with Crippen molar-refractivity contribution in [2.24, 2.45) is 0 Å². The fourth-order valence-electron chi connectivity index (χ4n) is 2.39. The number of aromatic nitrogens is 1. The molecule has 2 unspecified atom stereocenters. The number of hydrogen-bond acceptors (Lipinski definition) is 7. The fraction of sp³-hybridized carbons (Fsp3) is 0.462. The lowest BCUT2D eigenvalue weighted by molar-refractivity contribution is -0.383. The molecule has 1 aromatic carbocycles. The third kappa shape index (κ3) is 2.43. The van der Waals surface area contributed by atoms with Gasteiger partial charge < -0.3 is 19.6 Å². The van der Waals surface area contributed by atoms with Crippen LogP contribution in [-0.4, -0.2) is 39.9 Å². The van der Waals surface area contributed by atoms with Gasteiger partial charge in [0.25, 0.3) is 11.7 Å². The van der Waals surface area contributed by atoms with Crippen LogP contribution in [0.15, 0.2) is 22.6 Å². The molecule has 0 bridgehead atoms. The first kappa shape index (κ1) is 13.8. The average Bonchev–Trinajstić information content (AvgIpc) is 3.00. The smallest absolute Gasteiger partial charge is 0.298 e. The number of ether oxygens (including phenoxy) is 1. The van der Waals surface area contributed by atoms with Gasteiger partial charge >= 0.3 is 0 Å². The van der Waals surface area contributed by atoms with Crippen molar-refractivity contribution < 1.29 is 19.2 Å². The number of rotatable bonds is 4. The highest BCUT2D eigenvalue weighted by molar-refractivity contribution is 5.83. The molecule has 1 aliphatic rings. The summed E-state index contributed by atoms with van der Waals surface area (Å²) in [5.41, 5.74) is -0.588. The molecule has 1 saturated heterocycles. The zero-order valence-electron chi connectivity index (χ0n) is 11.4. The monoisotopic (exact) mass is 293 g/mol. The van der Waals surface area contributed by atoms with Crippen LogP contribution >= 0.6 is 0 Å². The maximum absolute atomic E-state index is 10.9. The van der Waals surface area contributed by atoms with Crippen LogP contribution in [0.3, 0.4) is 0 Å². The first-order valence-electron chi connectivity index (χ1n) is 6.61. The Morgan fingerprint density at radius 2 is 2.43 bits per heavy atom. The quantitative estimate of drug-likeness (QED) is 0.651. The van der Waals surface area contributed by atoms with Crippen LogP contribution in [0.5, 0.6) is 0 Å². The minimum atomic E-state index is -0.993. The van der Waals surface area contributed by atoms with Gasteiger partial charge in [-0.3, -0.25) is 10.1 Å². The molecule has 112 valence electrons. The molecule has 1 fully saturated rings. The number of aliphatic hydroxyl groups is 1. The number of nitro groups is 1. The van der Waals surface area contributed by atoms with E-state index in [0.717, 1.165) is 0 Å². The Hall–Kier alpha value is -2.19. The Bertz CT molecular complexity index is 685. The van der Waals surface area contributed by atoms with Gasteiger partial charge in [-0.05, 0) is 13.0 Å². The van der Waals surface area contributed by atoms with Crippen molar-refractivity contribution in [2.75, 3.05) is 18.5 Å². The van der Waals surface area contributed by atoms with Gasteiger partial charge in [0.15, 0.2) is 11.1 Å². The summed E-state index contributed by atoms with van der Waals surface area (Å²) < 4.78 is 10.8. The van der Waals surface area contributed by atoms with Crippen molar-refractivity contribution in [3.63, 3.8) is 0 Å². The number of fused-ring (bicyclic) bond motifs is 1. The number of non-ortho nitro benzene ring substituents is 1. The molecule has 1 aliphatic heterocycles. The van der Waals surface area contributed by atoms with Crippen molar-refractivity contribution in [3.05, 3.63) is 28.3 Å². The van der Waals surface area contributed by atoms with Gasteiger partial charge in [-0.2, -0.15) is 4.98 Å². The first-order chi connectivity index (χ1) is 9.99. The van der Waals surface area contributed by atoms with Crippen LogP contribution in [-0.2, 0) is 4.74 Å². The number of benzene rings is 1. The molecule has 0 amide bonds. The van der Waals surface area contributed by atoms with E-state index in [2.05, 4.69) is 10.3 Å². The van der Waals surface area contributed by atoms with Crippen molar-refractivity contribution in [3.8, 4) is 0 Å². The molecular weight excluding hydrogens is 278 g/mol. The Labute approximate surface area is 119 Å². The first-order valence-corrected chi connectivity index (χ1v) is 6.61. The zero-order chi connectivity index (χ0) is 15.0. The molecule has 3 rings (SSSR count). The van der Waals surface area contributed by atoms with E-state index in [9.17, 15) is 15.2 Å². The number of hydrogen-bond donors (Lipinski definition) is 2. The lowest BCUT2D eigenvalue weighted by Gasteiger charge is -2.25. The lowest BCUT2D eigenvalue weighted by Crippen LogP contribution is -2.43.